The highest BCUT2D eigenvalue weighted by Gasteiger charge is 2.17. The lowest BCUT2D eigenvalue weighted by Crippen LogP contribution is -2.22. The number of anilines is 1. The quantitative estimate of drug-likeness (QED) is 0.442. The number of aryl methyl sites for hydroxylation is 1. The molecule has 32 heavy (non-hydrogen) atoms. The van der Waals surface area contributed by atoms with Gasteiger partial charge < -0.3 is 19.2 Å². The highest BCUT2D eigenvalue weighted by atomic mass is 16.5. The van der Waals surface area contributed by atoms with E-state index in [0.29, 0.717) is 17.2 Å². The smallest absolute Gasteiger partial charge is 0.274 e. The van der Waals surface area contributed by atoms with Gasteiger partial charge in [0.15, 0.2) is 0 Å². The van der Waals surface area contributed by atoms with Gasteiger partial charge in [-0.1, -0.05) is 26.0 Å². The Balaban J connectivity index is 0.00000306. The first-order chi connectivity index (χ1) is 15.3. The number of amides is 1. The van der Waals surface area contributed by atoms with Gasteiger partial charge in [-0.25, -0.2) is 0 Å². The van der Waals surface area contributed by atoms with Crippen molar-refractivity contribution < 1.29 is 11.0 Å². The zero-order chi connectivity index (χ0) is 23.0. The molecule has 0 atom stereocenters. The van der Waals surface area contributed by atoms with Crippen LogP contribution in [0.4, 0.5) is 5.69 Å². The van der Waals surface area contributed by atoms with Gasteiger partial charge >= 0.3 is 0 Å². The summed E-state index contributed by atoms with van der Waals surface area (Å²) >= 11 is 0. The van der Waals surface area contributed by atoms with E-state index in [1.165, 1.54) is 12.5 Å². The van der Waals surface area contributed by atoms with Crippen molar-refractivity contribution >= 4 is 22.5 Å². The van der Waals surface area contributed by atoms with Crippen molar-refractivity contribution in [1.29, 1.82) is 0 Å². The maximum absolute atomic E-state index is 12.6. The Morgan fingerprint density at radius 2 is 1.91 bits per heavy atom. The average Bonchev–Trinajstić information content (AvgIpc) is 3.26. The predicted octanol–water partition coefficient (Wildman–Crippen LogP) is 5.68. The minimum absolute atomic E-state index is 0. The molecule has 0 aliphatic rings. The van der Waals surface area contributed by atoms with Crippen molar-refractivity contribution in [1.82, 2.24) is 9.55 Å². The first-order valence-electron chi connectivity index (χ1n) is 10.6. The second kappa shape index (κ2) is 8.38. The van der Waals surface area contributed by atoms with E-state index in [4.69, 9.17) is 4.74 Å². The number of aromatic amines is 1. The molecule has 0 bridgehead atoms. The van der Waals surface area contributed by atoms with Crippen LogP contribution in [0.2, 0.25) is 0 Å². The molecule has 1 amide bonds. The number of carbonyl (C=O) groups excluding carboxylic acids is 1. The Morgan fingerprint density at radius 1 is 1.12 bits per heavy atom. The molecule has 0 saturated carbocycles. The van der Waals surface area contributed by atoms with Crippen molar-refractivity contribution in [2.75, 3.05) is 11.9 Å². The number of H-pyrrole nitrogens is 1. The third-order valence-electron chi connectivity index (χ3n) is 5.76. The van der Waals surface area contributed by atoms with Gasteiger partial charge in [0.2, 0.25) is 5.91 Å². The number of carbonyl (C=O) groups is 1. The van der Waals surface area contributed by atoms with E-state index < -0.39 is 0 Å². The lowest BCUT2D eigenvalue weighted by molar-refractivity contribution is -0.116. The molecule has 0 aliphatic carbocycles. The fraction of sp³-hybridized carbons (Fsp3) is 0.231. The number of pyridine rings is 1. The van der Waals surface area contributed by atoms with Crippen molar-refractivity contribution in [2.45, 2.75) is 26.7 Å². The number of fused-ring (bicyclic) bond motifs is 1. The fourth-order valence-corrected chi connectivity index (χ4v) is 3.76. The fourth-order valence-electron chi connectivity index (χ4n) is 3.76. The van der Waals surface area contributed by atoms with Crippen LogP contribution >= 0.6 is 0 Å². The van der Waals surface area contributed by atoms with Crippen molar-refractivity contribution in [3.63, 3.8) is 0 Å². The highest BCUT2D eigenvalue weighted by molar-refractivity contribution is 5.98. The van der Waals surface area contributed by atoms with Gasteiger partial charge in [-0.05, 0) is 47.9 Å². The molecule has 0 saturated heterocycles. The summed E-state index contributed by atoms with van der Waals surface area (Å²) in [4.78, 5) is 29.2. The van der Waals surface area contributed by atoms with Gasteiger partial charge in [0.1, 0.15) is 17.0 Å². The average molecular weight is 432 g/mol. The van der Waals surface area contributed by atoms with E-state index in [-0.39, 0.29) is 12.9 Å². The summed E-state index contributed by atoms with van der Waals surface area (Å²) in [7, 11) is 3.46. The molecule has 6 nitrogen and oxygen atoms in total. The Bertz CT molecular complexity index is 1370. The topological polar surface area (TPSA) is 67.3 Å². The molecule has 0 unspecified atom stereocenters. The summed E-state index contributed by atoms with van der Waals surface area (Å²) in [5.41, 5.74) is 4.00. The third-order valence-corrected chi connectivity index (χ3v) is 5.76. The Kier molecular flexibility index (Phi) is 5.61. The van der Waals surface area contributed by atoms with Crippen LogP contribution < -0.4 is 15.2 Å². The van der Waals surface area contributed by atoms with Gasteiger partial charge in [0.25, 0.3) is 5.56 Å². The first kappa shape index (κ1) is 21.4. The van der Waals surface area contributed by atoms with Crippen LogP contribution in [-0.2, 0) is 11.8 Å². The Labute approximate surface area is 188 Å². The number of hydrogen-bond acceptors (Lipinski definition) is 3. The minimum atomic E-state index is -0.0992. The van der Waals surface area contributed by atoms with E-state index in [2.05, 4.69) is 24.9 Å². The maximum atomic E-state index is 12.6. The zero-order valence-electron chi connectivity index (χ0n) is 19.0. The van der Waals surface area contributed by atoms with Crippen LogP contribution in [0.25, 0.3) is 22.0 Å². The van der Waals surface area contributed by atoms with E-state index >= 15 is 0 Å². The molecule has 4 aromatic rings. The molecule has 0 radical (unpaired) electrons. The van der Waals surface area contributed by atoms with Crippen LogP contribution in [0.15, 0.2) is 65.7 Å². The number of aromatic nitrogens is 2. The molecule has 2 aromatic heterocycles. The lowest BCUT2D eigenvalue weighted by atomic mass is 10.0. The summed E-state index contributed by atoms with van der Waals surface area (Å²) in [5, 5.41) is 0.802. The number of hydrogen-bond donors (Lipinski definition) is 1. The molecule has 0 spiro atoms. The molecular formula is C26H29N3O3. The van der Waals surface area contributed by atoms with Crippen LogP contribution in [-0.4, -0.2) is 22.5 Å². The summed E-state index contributed by atoms with van der Waals surface area (Å²) in [6.45, 7) is 5.81. The summed E-state index contributed by atoms with van der Waals surface area (Å²) in [5.74, 6) is 1.70. The van der Waals surface area contributed by atoms with Crippen LogP contribution in [0.3, 0.4) is 0 Å². The normalized spacial score (nSPS) is 11.2. The Hall–Kier alpha value is -3.80. The summed E-state index contributed by atoms with van der Waals surface area (Å²) in [6.07, 6.45) is 3.57. The predicted molar refractivity (Wildman–Crippen MR) is 131 cm³/mol. The molecule has 4 rings (SSSR count). The molecule has 6 heteroatoms. The second-order valence-corrected chi connectivity index (χ2v) is 8.31. The number of benzene rings is 2. The largest absolute Gasteiger partial charge is 0.457 e. The molecular weight excluding hydrogens is 402 g/mol. The summed E-state index contributed by atoms with van der Waals surface area (Å²) in [6, 6.07) is 15.6. The monoisotopic (exact) mass is 431 g/mol. The van der Waals surface area contributed by atoms with Crippen molar-refractivity contribution in [2.24, 2.45) is 7.05 Å². The van der Waals surface area contributed by atoms with Gasteiger partial charge in [0.05, 0.1) is 0 Å². The van der Waals surface area contributed by atoms with E-state index in [1.54, 1.807) is 29.8 Å². The Morgan fingerprint density at radius 3 is 2.62 bits per heavy atom. The van der Waals surface area contributed by atoms with E-state index in [0.717, 1.165) is 28.0 Å². The number of nitrogens with zero attached hydrogens (tertiary/aromatic N) is 2. The van der Waals surface area contributed by atoms with E-state index in [9.17, 15) is 9.59 Å². The van der Waals surface area contributed by atoms with E-state index in [1.807, 2.05) is 48.7 Å². The number of ether oxygens (including phenoxy) is 1. The molecule has 0 fully saturated rings. The zero-order valence-corrected chi connectivity index (χ0v) is 19.0. The van der Waals surface area contributed by atoms with Crippen molar-refractivity contribution in [3.05, 3.63) is 76.8 Å². The minimum Gasteiger partial charge on any atom is -0.457 e. The standard InChI is InChI=1S/C26H27N3O3.H2/c1-16(2)18-7-6-8-20(13-18)32-24-10-9-19(29(5)17(3)30)14-22(24)23-15-28(4)26(31)25-21(23)11-12-27-25;/h6-16,27H,1-5H3;1H. The molecule has 166 valence electrons. The molecule has 0 aliphatic heterocycles. The highest BCUT2D eigenvalue weighted by Crippen LogP contribution is 2.39. The van der Waals surface area contributed by atoms with Crippen LogP contribution in [0, 0.1) is 0 Å². The third kappa shape index (κ3) is 3.91. The SMILES string of the molecule is CC(=O)N(C)c1ccc(Oc2cccc(C(C)C)c2)c(-c2cn(C)c(=O)c3[nH]ccc23)c1.[HH]. The lowest BCUT2D eigenvalue weighted by Gasteiger charge is -2.19. The number of nitrogens with one attached hydrogen (secondary N) is 1. The summed E-state index contributed by atoms with van der Waals surface area (Å²) < 4.78 is 7.90. The first-order valence-corrected chi connectivity index (χ1v) is 10.6. The molecule has 2 aromatic carbocycles. The van der Waals surface area contributed by atoms with Crippen LogP contribution in [0.1, 0.15) is 33.7 Å². The second-order valence-electron chi connectivity index (χ2n) is 8.31. The van der Waals surface area contributed by atoms with Gasteiger partial charge in [0, 0.05) is 57.0 Å². The van der Waals surface area contributed by atoms with Crippen molar-refractivity contribution in [3.8, 4) is 22.6 Å². The maximum Gasteiger partial charge on any atom is 0.274 e. The van der Waals surface area contributed by atoms with Crippen LogP contribution in [0.5, 0.6) is 11.5 Å². The molecule has 1 N–H and O–H groups in total. The van der Waals surface area contributed by atoms with Gasteiger partial charge in [-0.3, -0.25) is 9.59 Å². The number of rotatable bonds is 5. The van der Waals surface area contributed by atoms with Gasteiger partial charge in [-0.15, -0.1) is 0 Å². The van der Waals surface area contributed by atoms with Gasteiger partial charge in [-0.2, -0.15) is 0 Å². The molecule has 2 heterocycles.